The van der Waals surface area contributed by atoms with Crippen molar-refractivity contribution in [2.45, 2.75) is 13.1 Å². The highest BCUT2D eigenvalue weighted by molar-refractivity contribution is 7.80. The maximum Gasteiger partial charge on any atom is 0.405 e. The molecule has 4 N–H and O–H groups in total. The van der Waals surface area contributed by atoms with Crippen LogP contribution in [0.1, 0.15) is 18.1 Å². The van der Waals surface area contributed by atoms with Crippen LogP contribution in [-0.2, 0) is 0 Å². The zero-order valence-electron chi connectivity index (χ0n) is 16.8. The Morgan fingerprint density at radius 2 is 1.34 bits per heavy atom. The predicted molar refractivity (Wildman–Crippen MR) is 130 cm³/mol. The molecule has 0 heterocycles. The average Bonchev–Trinajstić information content (AvgIpc) is 2.75. The van der Waals surface area contributed by atoms with Crippen molar-refractivity contribution in [3.63, 3.8) is 0 Å². The van der Waals surface area contributed by atoms with Crippen LogP contribution in [0.2, 0.25) is 5.02 Å². The summed E-state index contributed by atoms with van der Waals surface area (Å²) in [4.78, 5) is 0. The largest absolute Gasteiger partial charge is 0.405 e. The molecule has 0 radical (unpaired) electrons. The van der Waals surface area contributed by atoms with Crippen molar-refractivity contribution in [2.75, 3.05) is 13.1 Å². The van der Waals surface area contributed by atoms with Gasteiger partial charge >= 0.3 is 6.18 Å². The van der Waals surface area contributed by atoms with E-state index in [0.717, 1.165) is 0 Å². The van der Waals surface area contributed by atoms with Gasteiger partial charge in [0.1, 0.15) is 18.0 Å². The monoisotopic (exact) mass is 500 g/mol. The summed E-state index contributed by atoms with van der Waals surface area (Å²) in [6, 6.07) is 15.8. The lowest BCUT2D eigenvalue weighted by molar-refractivity contribution is -0.122. The number of alkyl halides is 3. The molecule has 0 saturated heterocycles. The van der Waals surface area contributed by atoms with Crippen molar-refractivity contribution in [2.24, 2.45) is 10.2 Å². The second-order valence-corrected chi connectivity index (χ2v) is 7.43. The first kappa shape index (κ1) is 25.5. The fraction of sp³-hybridized carbons (Fsp3) is 0.200. The molecular formula is C20H20ClF3N6S2. The van der Waals surface area contributed by atoms with Gasteiger partial charge in [-0.05, 0) is 43.5 Å². The summed E-state index contributed by atoms with van der Waals surface area (Å²) in [5.74, 6) is 0. The lowest BCUT2D eigenvalue weighted by Crippen LogP contribution is -2.39. The van der Waals surface area contributed by atoms with Gasteiger partial charge in [0.05, 0.1) is 0 Å². The first-order chi connectivity index (χ1) is 15.2. The van der Waals surface area contributed by atoms with E-state index in [2.05, 4.69) is 31.7 Å². The number of rotatable bonds is 7. The molecule has 2 rings (SSSR count). The molecule has 0 aliphatic rings. The summed E-state index contributed by atoms with van der Waals surface area (Å²) in [5.41, 5.74) is 7.16. The van der Waals surface area contributed by atoms with Crippen LogP contribution in [0.15, 0.2) is 64.8 Å². The number of halogens is 4. The van der Waals surface area contributed by atoms with Gasteiger partial charge in [-0.2, -0.15) is 23.4 Å². The van der Waals surface area contributed by atoms with Gasteiger partial charge in [0.2, 0.25) is 0 Å². The van der Waals surface area contributed by atoms with Gasteiger partial charge in [0.25, 0.3) is 0 Å². The van der Waals surface area contributed by atoms with Gasteiger partial charge < -0.3 is 10.6 Å². The second-order valence-electron chi connectivity index (χ2n) is 6.17. The summed E-state index contributed by atoms with van der Waals surface area (Å²) in [7, 11) is 0. The van der Waals surface area contributed by atoms with Gasteiger partial charge in [0.15, 0.2) is 10.2 Å². The lowest BCUT2D eigenvalue weighted by Gasteiger charge is -2.14. The van der Waals surface area contributed by atoms with Gasteiger partial charge in [0, 0.05) is 22.7 Å². The Balaban J connectivity index is 2.44. The minimum absolute atomic E-state index is 0.289. The van der Waals surface area contributed by atoms with Crippen molar-refractivity contribution >= 4 is 57.7 Å². The molecule has 12 heteroatoms. The van der Waals surface area contributed by atoms with Crippen molar-refractivity contribution in [3.05, 3.63) is 70.7 Å². The Bertz CT molecular complexity index is 979. The third-order valence-corrected chi connectivity index (χ3v) is 4.44. The highest BCUT2D eigenvalue weighted by Crippen LogP contribution is 2.14. The van der Waals surface area contributed by atoms with Crippen LogP contribution >= 0.6 is 36.0 Å². The average molecular weight is 501 g/mol. The number of thiocarbonyl (C=S) groups is 2. The molecule has 0 atom stereocenters. The van der Waals surface area contributed by atoms with Crippen LogP contribution in [0.4, 0.5) is 13.2 Å². The van der Waals surface area contributed by atoms with Crippen LogP contribution in [0.3, 0.4) is 0 Å². The smallest absolute Gasteiger partial charge is 0.362 e. The van der Waals surface area contributed by atoms with Crippen LogP contribution < -0.4 is 21.5 Å². The molecule has 0 aliphatic heterocycles. The molecule has 0 bridgehead atoms. The maximum absolute atomic E-state index is 12.5. The summed E-state index contributed by atoms with van der Waals surface area (Å²) in [6.07, 6.45) is -4.42. The minimum atomic E-state index is -4.42. The molecule has 0 unspecified atom stereocenters. The quantitative estimate of drug-likeness (QED) is 0.262. The van der Waals surface area contributed by atoms with E-state index >= 15 is 0 Å². The second kappa shape index (κ2) is 12.3. The molecule has 170 valence electrons. The Morgan fingerprint density at radius 1 is 0.844 bits per heavy atom. The number of benzene rings is 2. The topological polar surface area (TPSA) is 72.8 Å². The third kappa shape index (κ3) is 8.77. The molecular weight excluding hydrogens is 481 g/mol. The normalized spacial score (nSPS) is 12.2. The summed E-state index contributed by atoms with van der Waals surface area (Å²) >= 11 is 16.1. The Kier molecular flexibility index (Phi) is 9.82. The van der Waals surface area contributed by atoms with Crippen molar-refractivity contribution < 1.29 is 13.2 Å². The molecule has 6 nitrogen and oxygen atoms in total. The first-order valence-corrected chi connectivity index (χ1v) is 10.5. The molecule has 0 aromatic heterocycles. The van der Waals surface area contributed by atoms with E-state index in [1.54, 1.807) is 48.5 Å². The van der Waals surface area contributed by atoms with Crippen LogP contribution in [0.25, 0.3) is 0 Å². The van der Waals surface area contributed by atoms with Crippen molar-refractivity contribution in [1.82, 2.24) is 21.5 Å². The van der Waals surface area contributed by atoms with Crippen molar-refractivity contribution in [1.29, 1.82) is 0 Å². The molecule has 0 saturated carbocycles. The van der Waals surface area contributed by atoms with Gasteiger partial charge in [-0.1, -0.05) is 54.1 Å². The number of nitrogens with zero attached hydrogens (tertiary/aromatic N) is 2. The highest BCUT2D eigenvalue weighted by Gasteiger charge is 2.27. The Hall–Kier alpha value is -2.76. The number of hydrogen-bond acceptors (Lipinski definition) is 4. The van der Waals surface area contributed by atoms with E-state index in [4.69, 9.17) is 36.0 Å². The van der Waals surface area contributed by atoms with Crippen LogP contribution in [0, 0.1) is 0 Å². The van der Waals surface area contributed by atoms with Crippen LogP contribution in [-0.4, -0.2) is 40.9 Å². The number of hydrogen-bond donors (Lipinski definition) is 4. The van der Waals surface area contributed by atoms with E-state index in [1.165, 1.54) is 0 Å². The Labute approximate surface area is 199 Å². The number of hydrazone groups is 2. The van der Waals surface area contributed by atoms with E-state index in [0.29, 0.717) is 39.2 Å². The van der Waals surface area contributed by atoms with Gasteiger partial charge in [-0.25, -0.2) is 0 Å². The third-order valence-electron chi connectivity index (χ3n) is 3.71. The SMILES string of the molecule is CCNC(=S)NN=C(C(=NNC(=S)NCC(F)(F)F)c1ccccc1)c1ccc(Cl)cc1. The molecule has 2 aromatic carbocycles. The molecule has 0 fully saturated rings. The fourth-order valence-corrected chi connectivity index (χ4v) is 2.78. The van der Waals surface area contributed by atoms with E-state index in [1.807, 2.05) is 13.0 Å². The number of nitrogens with one attached hydrogen (secondary N) is 4. The maximum atomic E-state index is 12.5. The summed E-state index contributed by atoms with van der Waals surface area (Å²) < 4.78 is 37.4. The minimum Gasteiger partial charge on any atom is -0.362 e. The summed E-state index contributed by atoms with van der Waals surface area (Å²) in [6.45, 7) is 1.19. The van der Waals surface area contributed by atoms with Gasteiger partial charge in [-0.15, -0.1) is 0 Å². The zero-order valence-corrected chi connectivity index (χ0v) is 19.2. The zero-order chi connectivity index (χ0) is 23.6. The lowest BCUT2D eigenvalue weighted by atomic mass is 10.00. The predicted octanol–water partition coefficient (Wildman–Crippen LogP) is 3.96. The van der Waals surface area contributed by atoms with E-state index in [9.17, 15) is 13.2 Å². The molecule has 0 aliphatic carbocycles. The van der Waals surface area contributed by atoms with Crippen molar-refractivity contribution in [3.8, 4) is 0 Å². The van der Waals surface area contributed by atoms with Gasteiger partial charge in [-0.3, -0.25) is 10.9 Å². The summed E-state index contributed by atoms with van der Waals surface area (Å²) in [5, 5.41) is 14.2. The Morgan fingerprint density at radius 3 is 1.84 bits per heavy atom. The molecule has 0 amide bonds. The highest BCUT2D eigenvalue weighted by atomic mass is 35.5. The molecule has 0 spiro atoms. The molecule has 2 aromatic rings. The fourth-order valence-electron chi connectivity index (χ4n) is 2.35. The van der Waals surface area contributed by atoms with E-state index < -0.39 is 12.7 Å². The first-order valence-electron chi connectivity index (χ1n) is 9.31. The molecule has 32 heavy (non-hydrogen) atoms. The standard InChI is InChI=1S/C20H20ClF3N6S2/c1-2-25-18(31)29-28-17(14-8-10-15(21)11-9-14)16(13-6-4-3-5-7-13)27-30-19(32)26-12-20(22,23)24/h3-11H,2,12H2,1H3,(H2,25,29,31)(H2,26,30,32). The van der Waals surface area contributed by atoms with Crippen LogP contribution in [0.5, 0.6) is 0 Å². The van der Waals surface area contributed by atoms with E-state index in [-0.39, 0.29) is 5.11 Å².